The Morgan fingerprint density at radius 3 is 1.10 bits per heavy atom. The SMILES string of the molecule is C1CCSSC1.CC.CC. The summed E-state index contributed by atoms with van der Waals surface area (Å²) in [4.78, 5) is 0. The quantitative estimate of drug-likeness (QED) is 0.512. The van der Waals surface area contributed by atoms with Crippen molar-refractivity contribution in [1.82, 2.24) is 0 Å². The van der Waals surface area contributed by atoms with Crippen molar-refractivity contribution in [3.05, 3.63) is 0 Å². The van der Waals surface area contributed by atoms with Crippen molar-refractivity contribution in [2.75, 3.05) is 11.5 Å². The summed E-state index contributed by atoms with van der Waals surface area (Å²) < 4.78 is 0. The second kappa shape index (κ2) is 16.4. The topological polar surface area (TPSA) is 0 Å². The summed E-state index contributed by atoms with van der Waals surface area (Å²) in [5.41, 5.74) is 0. The highest BCUT2D eigenvalue weighted by atomic mass is 33.1. The molecule has 0 unspecified atom stereocenters. The van der Waals surface area contributed by atoms with E-state index in [1.54, 1.807) is 0 Å². The van der Waals surface area contributed by atoms with E-state index >= 15 is 0 Å². The maximum absolute atomic E-state index is 2.01. The first-order chi connectivity index (χ1) is 5.00. The molecule has 1 aliphatic heterocycles. The molecule has 1 fully saturated rings. The summed E-state index contributed by atoms with van der Waals surface area (Å²) in [5, 5.41) is 0. The highest BCUT2D eigenvalue weighted by Crippen LogP contribution is 2.28. The molecule has 0 N–H and O–H groups in total. The molecule has 10 heavy (non-hydrogen) atoms. The lowest BCUT2D eigenvalue weighted by Crippen LogP contribution is -1.86. The van der Waals surface area contributed by atoms with Crippen LogP contribution in [0.5, 0.6) is 0 Å². The van der Waals surface area contributed by atoms with Crippen LogP contribution in [0.25, 0.3) is 0 Å². The first kappa shape index (κ1) is 13.3. The normalized spacial score (nSPS) is 15.6. The molecule has 0 bridgehead atoms. The van der Waals surface area contributed by atoms with Crippen LogP contribution in [0.1, 0.15) is 40.5 Å². The van der Waals surface area contributed by atoms with Crippen molar-refractivity contribution in [3.63, 3.8) is 0 Å². The Hall–Kier alpha value is 0.700. The first-order valence-electron chi connectivity index (χ1n) is 4.24. The minimum absolute atomic E-state index is 1.38. The average molecular weight is 180 g/mol. The van der Waals surface area contributed by atoms with E-state index in [0.717, 1.165) is 0 Å². The Balaban J connectivity index is 0. The molecule has 0 radical (unpaired) electrons. The summed E-state index contributed by atoms with van der Waals surface area (Å²) in [6, 6.07) is 0. The van der Waals surface area contributed by atoms with E-state index in [9.17, 15) is 0 Å². The second-order valence-electron chi connectivity index (χ2n) is 1.35. The third-order valence-corrected chi connectivity index (χ3v) is 3.37. The highest BCUT2D eigenvalue weighted by molar-refractivity contribution is 8.76. The minimum Gasteiger partial charge on any atom is -0.0942 e. The Bertz CT molecular complexity index is 22.7. The summed E-state index contributed by atoms with van der Waals surface area (Å²) in [5.74, 6) is 2.76. The largest absolute Gasteiger partial charge is 0.0942 e. The molecule has 0 aromatic rings. The lowest BCUT2D eigenvalue weighted by atomic mass is 10.4. The molecule has 0 atom stereocenters. The molecule has 2 heteroatoms. The van der Waals surface area contributed by atoms with Crippen LogP contribution in [0.15, 0.2) is 0 Å². The molecule has 0 aromatic heterocycles. The summed E-state index contributed by atoms with van der Waals surface area (Å²) in [6.07, 6.45) is 2.88. The molecule has 0 saturated carbocycles. The van der Waals surface area contributed by atoms with Crippen molar-refractivity contribution >= 4 is 21.6 Å². The summed E-state index contributed by atoms with van der Waals surface area (Å²) in [6.45, 7) is 8.00. The number of hydrogen-bond acceptors (Lipinski definition) is 2. The van der Waals surface area contributed by atoms with Crippen molar-refractivity contribution in [3.8, 4) is 0 Å². The van der Waals surface area contributed by atoms with Crippen molar-refractivity contribution in [2.24, 2.45) is 0 Å². The Morgan fingerprint density at radius 1 is 0.700 bits per heavy atom. The zero-order valence-electron chi connectivity index (χ0n) is 7.64. The number of hydrogen-bond donors (Lipinski definition) is 0. The molecule has 1 saturated heterocycles. The standard InChI is InChI=1S/C4H8S2.2C2H6/c1-2-4-6-5-3-1;2*1-2/h1-4H2;2*1-2H3. The summed E-state index contributed by atoms with van der Waals surface area (Å²) >= 11 is 0. The molecule has 1 aliphatic rings. The van der Waals surface area contributed by atoms with Gasteiger partial charge < -0.3 is 0 Å². The van der Waals surface area contributed by atoms with Crippen LogP contribution in [-0.2, 0) is 0 Å². The first-order valence-corrected chi connectivity index (χ1v) is 6.73. The Morgan fingerprint density at radius 2 is 1.00 bits per heavy atom. The van der Waals surface area contributed by atoms with E-state index in [1.165, 1.54) is 24.3 Å². The predicted molar refractivity (Wildman–Crippen MR) is 56.8 cm³/mol. The minimum atomic E-state index is 1.38. The van der Waals surface area contributed by atoms with Crippen LogP contribution >= 0.6 is 21.6 Å². The van der Waals surface area contributed by atoms with Crippen LogP contribution in [0.3, 0.4) is 0 Å². The van der Waals surface area contributed by atoms with Crippen LogP contribution in [0.2, 0.25) is 0 Å². The number of rotatable bonds is 0. The molecule has 0 spiro atoms. The van der Waals surface area contributed by atoms with Gasteiger partial charge in [0.2, 0.25) is 0 Å². The monoisotopic (exact) mass is 180 g/mol. The van der Waals surface area contributed by atoms with Gasteiger partial charge in [0, 0.05) is 11.5 Å². The predicted octanol–water partition coefficient (Wildman–Crippen LogP) is 4.21. The molecule has 1 heterocycles. The van der Waals surface area contributed by atoms with Crippen LogP contribution < -0.4 is 0 Å². The summed E-state index contributed by atoms with van der Waals surface area (Å²) in [7, 11) is 4.02. The molecule has 1 rings (SSSR count). The lowest BCUT2D eigenvalue weighted by molar-refractivity contribution is 0.906. The van der Waals surface area contributed by atoms with Gasteiger partial charge >= 0.3 is 0 Å². The Labute approximate surface area is 73.9 Å². The average Bonchev–Trinajstić information content (AvgIpc) is 2.14. The van der Waals surface area contributed by atoms with E-state index in [-0.39, 0.29) is 0 Å². The zero-order chi connectivity index (χ0) is 8.24. The van der Waals surface area contributed by atoms with Crippen LogP contribution in [-0.4, -0.2) is 11.5 Å². The van der Waals surface area contributed by atoms with E-state index in [1.807, 2.05) is 49.3 Å². The molecule has 0 amide bonds. The van der Waals surface area contributed by atoms with E-state index in [0.29, 0.717) is 0 Å². The van der Waals surface area contributed by atoms with Crippen molar-refractivity contribution in [1.29, 1.82) is 0 Å². The maximum Gasteiger partial charge on any atom is 0.00372 e. The van der Waals surface area contributed by atoms with Gasteiger partial charge in [-0.25, -0.2) is 0 Å². The fourth-order valence-corrected chi connectivity index (χ4v) is 2.73. The molecular weight excluding hydrogens is 160 g/mol. The van der Waals surface area contributed by atoms with Gasteiger partial charge in [-0.1, -0.05) is 49.3 Å². The van der Waals surface area contributed by atoms with E-state index in [2.05, 4.69) is 0 Å². The van der Waals surface area contributed by atoms with Gasteiger partial charge in [0.15, 0.2) is 0 Å². The molecular formula is C8H20S2. The zero-order valence-corrected chi connectivity index (χ0v) is 9.28. The van der Waals surface area contributed by atoms with Crippen molar-refractivity contribution in [2.45, 2.75) is 40.5 Å². The maximum atomic E-state index is 2.01. The third kappa shape index (κ3) is 11.5. The van der Waals surface area contributed by atoms with Crippen LogP contribution in [0, 0.1) is 0 Å². The van der Waals surface area contributed by atoms with Gasteiger partial charge in [0.05, 0.1) is 0 Å². The van der Waals surface area contributed by atoms with Gasteiger partial charge in [-0.05, 0) is 12.8 Å². The molecule has 0 aliphatic carbocycles. The van der Waals surface area contributed by atoms with Gasteiger partial charge in [0.25, 0.3) is 0 Å². The third-order valence-electron chi connectivity index (χ3n) is 0.789. The van der Waals surface area contributed by atoms with Gasteiger partial charge in [0.1, 0.15) is 0 Å². The Kier molecular flexibility index (Phi) is 21.8. The second-order valence-corrected chi connectivity index (χ2v) is 4.05. The molecule has 64 valence electrons. The van der Waals surface area contributed by atoms with Crippen LogP contribution in [0.4, 0.5) is 0 Å². The smallest absolute Gasteiger partial charge is 0.00372 e. The van der Waals surface area contributed by atoms with Gasteiger partial charge in [-0.3, -0.25) is 0 Å². The van der Waals surface area contributed by atoms with E-state index in [4.69, 9.17) is 0 Å². The highest BCUT2D eigenvalue weighted by Gasteiger charge is 1.96. The fourth-order valence-electron chi connectivity index (χ4n) is 0.440. The van der Waals surface area contributed by atoms with E-state index < -0.39 is 0 Å². The van der Waals surface area contributed by atoms with Gasteiger partial charge in [-0.2, -0.15) is 0 Å². The van der Waals surface area contributed by atoms with Gasteiger partial charge in [-0.15, -0.1) is 0 Å². The molecule has 0 aromatic carbocycles. The van der Waals surface area contributed by atoms with Crippen molar-refractivity contribution < 1.29 is 0 Å². The fraction of sp³-hybridized carbons (Fsp3) is 1.00. The molecule has 0 nitrogen and oxygen atoms in total. The lowest BCUT2D eigenvalue weighted by Gasteiger charge is -2.04.